The molecular formula is C23H25ClN4O3S. The first-order valence-corrected chi connectivity index (χ1v) is 12.4. The lowest BCUT2D eigenvalue weighted by molar-refractivity contribution is 0.102. The number of anilines is 2. The highest BCUT2D eigenvalue weighted by molar-refractivity contribution is 7.92. The molecule has 0 saturated heterocycles. The third-order valence-corrected chi connectivity index (χ3v) is 7.93. The summed E-state index contributed by atoms with van der Waals surface area (Å²) in [5, 5.41) is 7.34. The molecular weight excluding hydrogens is 448 g/mol. The summed E-state index contributed by atoms with van der Waals surface area (Å²) in [6.45, 7) is 4.08. The molecule has 0 bridgehead atoms. The van der Waals surface area contributed by atoms with Gasteiger partial charge in [-0.1, -0.05) is 29.8 Å². The molecule has 1 aliphatic carbocycles. The Labute approximate surface area is 193 Å². The van der Waals surface area contributed by atoms with Crippen LogP contribution in [0.2, 0.25) is 5.02 Å². The van der Waals surface area contributed by atoms with Gasteiger partial charge in [0.1, 0.15) is 5.82 Å². The fourth-order valence-electron chi connectivity index (χ4n) is 3.75. The summed E-state index contributed by atoms with van der Waals surface area (Å²) in [4.78, 5) is 13.0. The predicted molar refractivity (Wildman–Crippen MR) is 126 cm³/mol. The average Bonchev–Trinajstić information content (AvgIpc) is 3.53. The van der Waals surface area contributed by atoms with Crippen LogP contribution in [0.25, 0.3) is 0 Å². The summed E-state index contributed by atoms with van der Waals surface area (Å²) in [6.07, 6.45) is 3.93. The zero-order valence-electron chi connectivity index (χ0n) is 17.9. The van der Waals surface area contributed by atoms with Gasteiger partial charge in [-0.15, -0.1) is 0 Å². The van der Waals surface area contributed by atoms with Crippen molar-refractivity contribution in [2.45, 2.75) is 37.6 Å². The van der Waals surface area contributed by atoms with Crippen LogP contribution in [0.1, 0.15) is 43.1 Å². The van der Waals surface area contributed by atoms with Crippen molar-refractivity contribution in [1.82, 2.24) is 9.78 Å². The molecule has 3 aromatic rings. The first kappa shape index (κ1) is 22.4. The molecule has 1 atom stereocenters. The number of nitrogens with one attached hydrogen (secondary N) is 1. The Morgan fingerprint density at radius 2 is 1.94 bits per heavy atom. The van der Waals surface area contributed by atoms with Crippen molar-refractivity contribution in [3.05, 3.63) is 71.4 Å². The number of halogens is 1. The summed E-state index contributed by atoms with van der Waals surface area (Å²) in [6, 6.07) is 14.9. The van der Waals surface area contributed by atoms with Gasteiger partial charge in [-0.3, -0.25) is 9.10 Å². The maximum atomic E-state index is 13.3. The molecule has 1 heterocycles. The Morgan fingerprint density at radius 3 is 2.59 bits per heavy atom. The normalized spacial score (nSPS) is 14.7. The van der Waals surface area contributed by atoms with E-state index in [0.29, 0.717) is 17.4 Å². The van der Waals surface area contributed by atoms with Gasteiger partial charge in [0.2, 0.25) is 0 Å². The Bertz CT molecular complexity index is 1220. The van der Waals surface area contributed by atoms with Crippen LogP contribution in [0.5, 0.6) is 0 Å². The van der Waals surface area contributed by atoms with E-state index in [0.717, 1.165) is 12.8 Å². The quantitative estimate of drug-likeness (QED) is 0.501. The number of amides is 1. The van der Waals surface area contributed by atoms with E-state index in [-0.39, 0.29) is 28.1 Å². The van der Waals surface area contributed by atoms with Gasteiger partial charge in [0, 0.05) is 12.6 Å². The zero-order valence-corrected chi connectivity index (χ0v) is 19.5. The molecule has 1 saturated carbocycles. The molecule has 7 nitrogen and oxygen atoms in total. The zero-order chi connectivity index (χ0) is 22.9. The Morgan fingerprint density at radius 1 is 1.22 bits per heavy atom. The molecule has 0 aliphatic heterocycles. The number of carbonyl (C=O) groups is 1. The fraction of sp³-hybridized carbons (Fsp3) is 0.304. The van der Waals surface area contributed by atoms with E-state index in [4.69, 9.17) is 11.6 Å². The van der Waals surface area contributed by atoms with Gasteiger partial charge in [-0.05, 0) is 62.9 Å². The standard InChI is InChI=1S/C23H25ClN4O3S/c1-3-27(18-7-5-4-6-8-18)32(30,31)19-11-12-21(24)20(15-19)23(29)26-22-13-14-25-28(22)16(2)17-9-10-17/h4-8,11-17H,3,9-10H2,1-2H3,(H,26,29)/t16-/m0/s1. The van der Waals surface area contributed by atoms with Crippen LogP contribution < -0.4 is 9.62 Å². The monoisotopic (exact) mass is 472 g/mol. The number of nitrogens with zero attached hydrogens (tertiary/aromatic N) is 3. The van der Waals surface area contributed by atoms with Gasteiger partial charge in [0.15, 0.2) is 0 Å². The molecule has 1 amide bonds. The minimum atomic E-state index is -3.89. The van der Waals surface area contributed by atoms with Crippen LogP contribution in [-0.2, 0) is 10.0 Å². The summed E-state index contributed by atoms with van der Waals surface area (Å²) in [5.74, 6) is 0.623. The van der Waals surface area contributed by atoms with E-state index >= 15 is 0 Å². The van der Waals surface area contributed by atoms with Crippen molar-refractivity contribution in [2.75, 3.05) is 16.2 Å². The van der Waals surface area contributed by atoms with E-state index in [1.165, 1.54) is 22.5 Å². The third-order valence-electron chi connectivity index (χ3n) is 5.70. The number of hydrogen-bond donors (Lipinski definition) is 1. The largest absolute Gasteiger partial charge is 0.307 e. The Hall–Kier alpha value is -2.84. The predicted octanol–water partition coefficient (Wildman–Crippen LogP) is 4.98. The smallest absolute Gasteiger partial charge is 0.264 e. The second-order valence-corrected chi connectivity index (χ2v) is 10.1. The molecule has 1 fully saturated rings. The average molecular weight is 473 g/mol. The molecule has 168 valence electrons. The molecule has 2 aromatic carbocycles. The first-order valence-electron chi connectivity index (χ1n) is 10.5. The minimum absolute atomic E-state index is 0.00221. The lowest BCUT2D eigenvalue weighted by Gasteiger charge is -2.23. The van der Waals surface area contributed by atoms with Gasteiger partial charge in [0.25, 0.3) is 15.9 Å². The Kier molecular flexibility index (Phi) is 6.26. The van der Waals surface area contributed by atoms with Crippen LogP contribution in [0, 0.1) is 5.92 Å². The number of benzene rings is 2. The molecule has 0 unspecified atom stereocenters. The minimum Gasteiger partial charge on any atom is -0.307 e. The van der Waals surface area contributed by atoms with E-state index in [2.05, 4.69) is 17.3 Å². The molecule has 1 aromatic heterocycles. The van der Waals surface area contributed by atoms with Crippen molar-refractivity contribution in [1.29, 1.82) is 0 Å². The number of hydrogen-bond acceptors (Lipinski definition) is 4. The summed E-state index contributed by atoms with van der Waals surface area (Å²) < 4.78 is 29.7. The summed E-state index contributed by atoms with van der Waals surface area (Å²) in [7, 11) is -3.89. The highest BCUT2D eigenvalue weighted by atomic mass is 35.5. The van der Waals surface area contributed by atoms with Crippen molar-refractivity contribution in [3.8, 4) is 0 Å². The highest BCUT2D eigenvalue weighted by Crippen LogP contribution is 2.40. The summed E-state index contributed by atoms with van der Waals surface area (Å²) in [5.41, 5.74) is 0.637. The number of carbonyl (C=O) groups excluding carboxylic acids is 1. The van der Waals surface area contributed by atoms with E-state index in [1.807, 2.05) is 6.07 Å². The fourth-order valence-corrected chi connectivity index (χ4v) is 5.46. The Balaban J connectivity index is 1.63. The lowest BCUT2D eigenvalue weighted by atomic mass is 10.2. The molecule has 9 heteroatoms. The maximum absolute atomic E-state index is 13.3. The first-order chi connectivity index (χ1) is 15.3. The van der Waals surface area contributed by atoms with Crippen molar-refractivity contribution in [2.24, 2.45) is 5.92 Å². The van der Waals surface area contributed by atoms with E-state index in [1.54, 1.807) is 48.1 Å². The van der Waals surface area contributed by atoms with Crippen LogP contribution >= 0.6 is 11.6 Å². The second kappa shape index (κ2) is 8.96. The van der Waals surface area contributed by atoms with Crippen LogP contribution in [0.4, 0.5) is 11.5 Å². The molecule has 0 spiro atoms. The molecule has 1 N–H and O–H groups in total. The van der Waals surface area contributed by atoms with Gasteiger partial charge < -0.3 is 5.32 Å². The van der Waals surface area contributed by atoms with Crippen molar-refractivity contribution in [3.63, 3.8) is 0 Å². The molecule has 32 heavy (non-hydrogen) atoms. The third kappa shape index (κ3) is 4.38. The second-order valence-electron chi connectivity index (χ2n) is 7.84. The highest BCUT2D eigenvalue weighted by Gasteiger charge is 2.31. The van der Waals surface area contributed by atoms with Crippen molar-refractivity contribution < 1.29 is 13.2 Å². The van der Waals surface area contributed by atoms with Gasteiger partial charge in [-0.2, -0.15) is 5.10 Å². The molecule has 1 aliphatic rings. The van der Waals surface area contributed by atoms with Crippen LogP contribution in [-0.4, -0.2) is 30.7 Å². The lowest BCUT2D eigenvalue weighted by Crippen LogP contribution is -2.31. The van der Waals surface area contributed by atoms with Gasteiger partial charge in [0.05, 0.1) is 33.4 Å². The van der Waals surface area contributed by atoms with E-state index < -0.39 is 15.9 Å². The number of rotatable bonds is 8. The molecule has 4 rings (SSSR count). The SMILES string of the molecule is CCN(c1ccccc1)S(=O)(=O)c1ccc(Cl)c(C(=O)Nc2ccnn2[C@@H](C)C2CC2)c1. The van der Waals surface area contributed by atoms with E-state index in [9.17, 15) is 13.2 Å². The van der Waals surface area contributed by atoms with Crippen LogP contribution in [0.3, 0.4) is 0 Å². The molecule has 0 radical (unpaired) electrons. The van der Waals surface area contributed by atoms with Crippen molar-refractivity contribution >= 4 is 39.0 Å². The van der Waals surface area contributed by atoms with Crippen LogP contribution in [0.15, 0.2) is 65.7 Å². The number of para-hydroxylation sites is 1. The number of sulfonamides is 1. The summed E-state index contributed by atoms with van der Waals surface area (Å²) >= 11 is 6.28. The van der Waals surface area contributed by atoms with Gasteiger partial charge >= 0.3 is 0 Å². The number of aromatic nitrogens is 2. The topological polar surface area (TPSA) is 84.3 Å². The maximum Gasteiger partial charge on any atom is 0.264 e. The van der Waals surface area contributed by atoms with Gasteiger partial charge in [-0.25, -0.2) is 13.1 Å².